The third-order valence-electron chi connectivity index (χ3n) is 3.65. The number of hydrogen-bond acceptors (Lipinski definition) is 4. The summed E-state index contributed by atoms with van der Waals surface area (Å²) < 4.78 is 11.3. The molecule has 27 heavy (non-hydrogen) atoms. The van der Waals surface area contributed by atoms with Crippen LogP contribution in [0.3, 0.4) is 0 Å². The number of para-hydroxylation sites is 1. The number of carbonyl (C=O) groups is 1. The third-order valence-corrected chi connectivity index (χ3v) is 4.05. The number of anilines is 1. The highest BCUT2D eigenvalue weighted by molar-refractivity contribution is 6.54. The first-order valence-corrected chi connectivity index (χ1v) is 9.23. The number of nitrogens with one attached hydrogen (secondary N) is 1. The Labute approximate surface area is 167 Å². The van der Waals surface area contributed by atoms with Crippen molar-refractivity contribution < 1.29 is 14.1 Å². The fourth-order valence-corrected chi connectivity index (χ4v) is 2.63. The molecule has 2 aromatic carbocycles. The number of aromatic nitrogens is 1. The van der Waals surface area contributed by atoms with Crippen LogP contribution in [-0.2, 0) is 4.79 Å². The van der Waals surface area contributed by atoms with Crippen LogP contribution in [0, 0.1) is 0 Å². The molecule has 0 saturated carbocycles. The van der Waals surface area contributed by atoms with Gasteiger partial charge in [-0.05, 0) is 38.1 Å². The van der Waals surface area contributed by atoms with Gasteiger partial charge >= 0.3 is 0 Å². The summed E-state index contributed by atoms with van der Waals surface area (Å²) in [6.07, 6.45) is 0.0468. The molecule has 1 N–H and O–H groups in total. The topological polar surface area (TPSA) is 64.4 Å². The van der Waals surface area contributed by atoms with E-state index in [9.17, 15) is 4.79 Å². The van der Waals surface area contributed by atoms with Gasteiger partial charge in [-0.3, -0.25) is 4.79 Å². The highest BCUT2D eigenvalue weighted by Gasteiger charge is 2.15. The Hall–Kier alpha value is -2.50. The van der Waals surface area contributed by atoms with Gasteiger partial charge in [0.1, 0.15) is 11.4 Å². The van der Waals surface area contributed by atoms with Crippen LogP contribution in [0.4, 0.5) is 5.69 Å². The fraction of sp³-hybridized carbons (Fsp3) is 0.200. The maximum atomic E-state index is 11.6. The Bertz CT molecular complexity index is 938. The maximum absolute atomic E-state index is 11.6. The molecule has 140 valence electrons. The molecule has 0 radical (unpaired) electrons. The molecule has 5 nitrogen and oxygen atoms in total. The molecule has 0 bridgehead atoms. The normalized spacial score (nSPS) is 11.0. The van der Waals surface area contributed by atoms with E-state index in [0.29, 0.717) is 17.1 Å². The first kappa shape index (κ1) is 19.3. The highest BCUT2D eigenvalue weighted by Crippen LogP contribution is 2.33. The zero-order chi connectivity index (χ0) is 19.4. The van der Waals surface area contributed by atoms with Crippen molar-refractivity contribution in [3.63, 3.8) is 0 Å². The molecule has 1 heterocycles. The lowest BCUT2D eigenvalue weighted by molar-refractivity contribution is -0.114. The van der Waals surface area contributed by atoms with Crippen LogP contribution in [0.25, 0.3) is 22.6 Å². The first-order chi connectivity index (χ1) is 12.9. The van der Waals surface area contributed by atoms with Crippen molar-refractivity contribution >= 4 is 34.8 Å². The van der Waals surface area contributed by atoms with Gasteiger partial charge in [-0.2, -0.15) is 0 Å². The van der Waals surface area contributed by atoms with Crippen molar-refractivity contribution in [3.8, 4) is 28.3 Å². The predicted molar refractivity (Wildman–Crippen MR) is 107 cm³/mol. The minimum Gasteiger partial charge on any atom is -0.490 e. The summed E-state index contributed by atoms with van der Waals surface area (Å²) >= 11 is 11.1. The van der Waals surface area contributed by atoms with Crippen molar-refractivity contribution in [1.82, 2.24) is 5.16 Å². The molecule has 3 aromatic rings. The molecule has 0 atom stereocenters. The Kier molecular flexibility index (Phi) is 6.04. The van der Waals surface area contributed by atoms with Gasteiger partial charge in [0.05, 0.1) is 6.10 Å². The van der Waals surface area contributed by atoms with Gasteiger partial charge in [0.25, 0.3) is 5.91 Å². The quantitative estimate of drug-likeness (QED) is 0.547. The van der Waals surface area contributed by atoms with E-state index in [1.54, 1.807) is 18.2 Å². The average molecular weight is 405 g/mol. The van der Waals surface area contributed by atoms with Crippen molar-refractivity contribution in [2.75, 3.05) is 5.32 Å². The highest BCUT2D eigenvalue weighted by atomic mass is 35.5. The third kappa shape index (κ3) is 4.81. The standard InChI is InChI=1S/C20H18Cl2N2O3/c1-12(2)26-17-9-4-3-8-15(17)16-11-18(27-24-16)13-6-5-7-14(10-13)23-20(25)19(21)22/h3-12,19H,1-2H3,(H,23,25). The molecule has 0 fully saturated rings. The lowest BCUT2D eigenvalue weighted by Gasteiger charge is -2.12. The monoisotopic (exact) mass is 404 g/mol. The Balaban J connectivity index is 1.88. The number of halogens is 2. The van der Waals surface area contributed by atoms with E-state index in [2.05, 4.69) is 10.5 Å². The molecule has 0 aliphatic heterocycles. The van der Waals surface area contributed by atoms with E-state index in [1.807, 2.05) is 50.2 Å². The number of amides is 1. The minimum atomic E-state index is -1.14. The van der Waals surface area contributed by atoms with Gasteiger partial charge in [0, 0.05) is 22.9 Å². The molecule has 1 aromatic heterocycles. The van der Waals surface area contributed by atoms with Crippen LogP contribution >= 0.6 is 23.2 Å². The van der Waals surface area contributed by atoms with Crippen LogP contribution in [0.5, 0.6) is 5.75 Å². The number of carbonyl (C=O) groups excluding carboxylic acids is 1. The fourth-order valence-electron chi connectivity index (χ4n) is 2.52. The smallest absolute Gasteiger partial charge is 0.257 e. The Morgan fingerprint density at radius 3 is 2.63 bits per heavy atom. The Morgan fingerprint density at radius 1 is 1.11 bits per heavy atom. The molecule has 0 unspecified atom stereocenters. The van der Waals surface area contributed by atoms with Crippen LogP contribution in [0.15, 0.2) is 59.1 Å². The van der Waals surface area contributed by atoms with Gasteiger partial charge in [0.15, 0.2) is 10.6 Å². The number of nitrogens with zero attached hydrogens (tertiary/aromatic N) is 1. The summed E-state index contributed by atoms with van der Waals surface area (Å²) in [6, 6.07) is 16.6. The molecule has 0 aliphatic rings. The number of hydrogen-bond donors (Lipinski definition) is 1. The van der Waals surface area contributed by atoms with E-state index < -0.39 is 10.7 Å². The molecule has 0 saturated heterocycles. The molecular formula is C20H18Cl2N2O3. The van der Waals surface area contributed by atoms with Gasteiger partial charge in [0.2, 0.25) is 0 Å². The van der Waals surface area contributed by atoms with Gasteiger partial charge in [-0.15, -0.1) is 0 Å². The number of alkyl halides is 2. The lowest BCUT2D eigenvalue weighted by Crippen LogP contribution is -2.18. The van der Waals surface area contributed by atoms with Crippen molar-refractivity contribution in [2.45, 2.75) is 24.8 Å². The van der Waals surface area contributed by atoms with Crippen LogP contribution in [0.1, 0.15) is 13.8 Å². The van der Waals surface area contributed by atoms with E-state index in [1.165, 1.54) is 0 Å². The molecular weight excluding hydrogens is 387 g/mol. The zero-order valence-corrected chi connectivity index (χ0v) is 16.3. The van der Waals surface area contributed by atoms with E-state index >= 15 is 0 Å². The molecule has 7 heteroatoms. The van der Waals surface area contributed by atoms with Gasteiger partial charge in [-0.25, -0.2) is 0 Å². The largest absolute Gasteiger partial charge is 0.490 e. The van der Waals surface area contributed by atoms with Crippen LogP contribution in [0.2, 0.25) is 0 Å². The minimum absolute atomic E-state index is 0.0468. The second-order valence-electron chi connectivity index (χ2n) is 6.11. The van der Waals surface area contributed by atoms with Gasteiger partial charge in [-0.1, -0.05) is 52.6 Å². The molecule has 0 spiro atoms. The summed E-state index contributed by atoms with van der Waals surface area (Å²) in [5.41, 5.74) is 2.83. The van der Waals surface area contributed by atoms with Crippen LogP contribution in [-0.4, -0.2) is 22.0 Å². The SMILES string of the molecule is CC(C)Oc1ccccc1-c1cc(-c2cccc(NC(=O)C(Cl)Cl)c2)on1. The number of ether oxygens (including phenoxy) is 1. The predicted octanol–water partition coefficient (Wildman–Crippen LogP) is 5.54. The second-order valence-corrected chi connectivity index (χ2v) is 7.21. The average Bonchev–Trinajstić information content (AvgIpc) is 3.12. The van der Waals surface area contributed by atoms with E-state index in [0.717, 1.165) is 16.9 Å². The van der Waals surface area contributed by atoms with E-state index in [4.69, 9.17) is 32.5 Å². The van der Waals surface area contributed by atoms with Crippen LogP contribution < -0.4 is 10.1 Å². The van der Waals surface area contributed by atoms with Crippen molar-refractivity contribution in [1.29, 1.82) is 0 Å². The maximum Gasteiger partial charge on any atom is 0.257 e. The molecule has 3 rings (SSSR count). The summed E-state index contributed by atoms with van der Waals surface area (Å²) in [7, 11) is 0. The van der Waals surface area contributed by atoms with Crippen molar-refractivity contribution in [2.24, 2.45) is 0 Å². The molecule has 1 amide bonds. The summed E-state index contributed by atoms with van der Waals surface area (Å²) in [5, 5.41) is 6.80. The number of benzene rings is 2. The molecule has 0 aliphatic carbocycles. The Morgan fingerprint density at radius 2 is 1.89 bits per heavy atom. The van der Waals surface area contributed by atoms with Gasteiger partial charge < -0.3 is 14.6 Å². The summed E-state index contributed by atoms with van der Waals surface area (Å²) in [5.74, 6) is 0.811. The second kappa shape index (κ2) is 8.46. The number of rotatable bonds is 6. The van der Waals surface area contributed by atoms with Crippen molar-refractivity contribution in [3.05, 3.63) is 54.6 Å². The zero-order valence-electron chi connectivity index (χ0n) is 14.8. The first-order valence-electron chi connectivity index (χ1n) is 8.36. The summed E-state index contributed by atoms with van der Waals surface area (Å²) in [4.78, 5) is 10.5. The lowest BCUT2D eigenvalue weighted by atomic mass is 10.1. The van der Waals surface area contributed by atoms with E-state index in [-0.39, 0.29) is 6.10 Å². The summed E-state index contributed by atoms with van der Waals surface area (Å²) in [6.45, 7) is 3.94.